The van der Waals surface area contributed by atoms with Crippen LogP contribution in [0.15, 0.2) is 71.6 Å². The quantitative estimate of drug-likeness (QED) is 0.518. The van der Waals surface area contributed by atoms with Gasteiger partial charge in [0.05, 0.1) is 17.0 Å². The highest BCUT2D eigenvalue weighted by molar-refractivity contribution is 7.92. The summed E-state index contributed by atoms with van der Waals surface area (Å²) in [6.07, 6.45) is 0. The van der Waals surface area contributed by atoms with E-state index in [1.165, 1.54) is 43.5 Å². The number of anilines is 2. The molecule has 0 radical (unpaired) electrons. The number of carbonyl (C=O) groups excluding carboxylic acids is 1. The maximum atomic E-state index is 13.2. The molecule has 0 aliphatic rings. The van der Waals surface area contributed by atoms with Gasteiger partial charge >= 0.3 is 0 Å². The van der Waals surface area contributed by atoms with E-state index in [2.05, 4.69) is 10.0 Å². The van der Waals surface area contributed by atoms with E-state index >= 15 is 0 Å². The number of hydrogen-bond donors (Lipinski definition) is 2. The van der Waals surface area contributed by atoms with Gasteiger partial charge in [-0.25, -0.2) is 12.8 Å². The van der Waals surface area contributed by atoms with E-state index in [9.17, 15) is 17.6 Å². The van der Waals surface area contributed by atoms with Crippen LogP contribution >= 0.6 is 11.6 Å². The van der Waals surface area contributed by atoms with Crippen molar-refractivity contribution in [2.75, 3.05) is 23.8 Å². The van der Waals surface area contributed by atoms with Crippen molar-refractivity contribution in [1.82, 2.24) is 0 Å². The van der Waals surface area contributed by atoms with Gasteiger partial charge in [-0.2, -0.15) is 0 Å². The topological polar surface area (TPSA) is 93.7 Å². The summed E-state index contributed by atoms with van der Waals surface area (Å²) in [6.45, 7) is -0.328. The number of methoxy groups -OCH3 is 1. The molecule has 0 aliphatic heterocycles. The standard InChI is InChI=1S/C21H18ClFN2O5S/c1-29-16-5-2-14(3-6-16)25-31(27,28)18-9-7-17(8-10-18)30-13-21(26)24-15-4-11-20(23)19(22)12-15/h2-12,25H,13H2,1H3,(H,24,26). The fraction of sp³-hybridized carbons (Fsp3) is 0.0952. The Hall–Kier alpha value is -3.30. The zero-order valence-electron chi connectivity index (χ0n) is 16.3. The number of nitrogens with one attached hydrogen (secondary N) is 2. The molecule has 3 aromatic carbocycles. The number of hydrogen-bond acceptors (Lipinski definition) is 5. The van der Waals surface area contributed by atoms with Crippen LogP contribution < -0.4 is 19.5 Å². The monoisotopic (exact) mass is 464 g/mol. The molecule has 7 nitrogen and oxygen atoms in total. The summed E-state index contributed by atoms with van der Waals surface area (Å²) in [7, 11) is -2.28. The van der Waals surface area contributed by atoms with E-state index in [1.807, 2.05) is 0 Å². The van der Waals surface area contributed by atoms with Crippen LogP contribution in [0.5, 0.6) is 11.5 Å². The third-order valence-corrected chi connectivity index (χ3v) is 5.74. The van der Waals surface area contributed by atoms with E-state index in [0.717, 1.165) is 6.07 Å². The molecule has 3 rings (SSSR count). The summed E-state index contributed by atoms with van der Waals surface area (Å²) >= 11 is 5.67. The summed E-state index contributed by atoms with van der Waals surface area (Å²) in [4.78, 5) is 12.0. The normalized spacial score (nSPS) is 10.9. The van der Waals surface area contributed by atoms with Crippen molar-refractivity contribution in [3.05, 3.63) is 77.6 Å². The number of benzene rings is 3. The summed E-state index contributed by atoms with van der Waals surface area (Å²) in [5, 5.41) is 2.41. The lowest BCUT2D eigenvalue weighted by Crippen LogP contribution is -2.20. The van der Waals surface area contributed by atoms with Gasteiger partial charge in [0.15, 0.2) is 6.61 Å². The maximum Gasteiger partial charge on any atom is 0.262 e. The first-order valence-electron chi connectivity index (χ1n) is 8.91. The van der Waals surface area contributed by atoms with Crippen molar-refractivity contribution in [2.24, 2.45) is 0 Å². The fourth-order valence-electron chi connectivity index (χ4n) is 2.51. The van der Waals surface area contributed by atoms with Crippen molar-refractivity contribution >= 4 is 38.9 Å². The molecule has 0 saturated carbocycles. The smallest absolute Gasteiger partial charge is 0.262 e. The Morgan fingerprint density at radius 2 is 1.58 bits per heavy atom. The van der Waals surface area contributed by atoms with Gasteiger partial charge in [-0.3, -0.25) is 9.52 Å². The van der Waals surface area contributed by atoms with Gasteiger partial charge in [0.2, 0.25) is 0 Å². The van der Waals surface area contributed by atoms with Gasteiger partial charge in [-0.05, 0) is 66.7 Å². The minimum atomic E-state index is -3.80. The Labute approximate surface area is 183 Å². The number of ether oxygens (including phenoxy) is 2. The van der Waals surface area contributed by atoms with E-state index in [-0.39, 0.29) is 16.5 Å². The molecule has 0 fully saturated rings. The molecule has 0 atom stereocenters. The minimum Gasteiger partial charge on any atom is -0.497 e. The summed E-state index contributed by atoms with van der Waals surface area (Å²) in [5.41, 5.74) is 0.713. The highest BCUT2D eigenvalue weighted by Crippen LogP contribution is 2.22. The molecule has 0 unspecified atom stereocenters. The largest absolute Gasteiger partial charge is 0.497 e. The second-order valence-electron chi connectivity index (χ2n) is 6.27. The average molecular weight is 465 g/mol. The van der Waals surface area contributed by atoms with Gasteiger partial charge < -0.3 is 14.8 Å². The first kappa shape index (κ1) is 22.4. The fourth-order valence-corrected chi connectivity index (χ4v) is 3.75. The lowest BCUT2D eigenvalue weighted by Gasteiger charge is -2.10. The van der Waals surface area contributed by atoms with E-state index in [0.29, 0.717) is 22.9 Å². The highest BCUT2D eigenvalue weighted by Gasteiger charge is 2.14. The molecule has 3 aromatic rings. The van der Waals surface area contributed by atoms with Gasteiger partial charge in [-0.1, -0.05) is 11.6 Å². The molecule has 0 aliphatic carbocycles. The third-order valence-electron chi connectivity index (χ3n) is 4.05. The van der Waals surface area contributed by atoms with Crippen LogP contribution in [0.4, 0.5) is 15.8 Å². The van der Waals surface area contributed by atoms with Crippen LogP contribution in [-0.4, -0.2) is 28.0 Å². The molecule has 0 aromatic heterocycles. The predicted molar refractivity (Wildman–Crippen MR) is 116 cm³/mol. The molecular formula is C21H18ClFN2O5S. The van der Waals surface area contributed by atoms with Crippen LogP contribution in [0.2, 0.25) is 5.02 Å². The molecule has 0 bridgehead atoms. The second-order valence-corrected chi connectivity index (χ2v) is 8.36. The van der Waals surface area contributed by atoms with E-state index < -0.39 is 21.7 Å². The van der Waals surface area contributed by atoms with Crippen molar-refractivity contribution in [1.29, 1.82) is 0 Å². The average Bonchev–Trinajstić information content (AvgIpc) is 2.75. The number of halogens is 2. The molecule has 2 N–H and O–H groups in total. The van der Waals surface area contributed by atoms with Gasteiger partial charge in [-0.15, -0.1) is 0 Å². The molecule has 31 heavy (non-hydrogen) atoms. The number of rotatable bonds is 8. The van der Waals surface area contributed by atoms with E-state index in [4.69, 9.17) is 21.1 Å². The zero-order chi connectivity index (χ0) is 22.4. The van der Waals surface area contributed by atoms with Crippen LogP contribution in [0.25, 0.3) is 0 Å². The summed E-state index contributed by atoms with van der Waals surface area (Å²) < 4.78 is 51.0. The number of sulfonamides is 1. The van der Waals surface area contributed by atoms with Crippen LogP contribution in [-0.2, 0) is 14.8 Å². The van der Waals surface area contributed by atoms with Crippen molar-refractivity contribution in [2.45, 2.75) is 4.90 Å². The SMILES string of the molecule is COc1ccc(NS(=O)(=O)c2ccc(OCC(=O)Nc3ccc(F)c(Cl)c3)cc2)cc1. The molecular weight excluding hydrogens is 447 g/mol. The first-order valence-corrected chi connectivity index (χ1v) is 10.8. The van der Waals surface area contributed by atoms with Crippen molar-refractivity contribution in [3.63, 3.8) is 0 Å². The first-order chi connectivity index (χ1) is 14.8. The Morgan fingerprint density at radius 1 is 0.968 bits per heavy atom. The number of carbonyl (C=O) groups is 1. The maximum absolute atomic E-state index is 13.2. The Bertz CT molecular complexity index is 1170. The van der Waals surface area contributed by atoms with Crippen LogP contribution in [0, 0.1) is 5.82 Å². The van der Waals surface area contributed by atoms with Gasteiger partial charge in [0, 0.05) is 11.4 Å². The van der Waals surface area contributed by atoms with Gasteiger partial charge in [0.1, 0.15) is 17.3 Å². The van der Waals surface area contributed by atoms with Crippen LogP contribution in [0.1, 0.15) is 0 Å². The molecule has 0 saturated heterocycles. The van der Waals surface area contributed by atoms with Crippen molar-refractivity contribution in [3.8, 4) is 11.5 Å². The highest BCUT2D eigenvalue weighted by atomic mass is 35.5. The third kappa shape index (κ3) is 6.09. The molecule has 0 spiro atoms. The predicted octanol–water partition coefficient (Wildman–Crippen LogP) is 4.31. The Morgan fingerprint density at radius 3 is 2.19 bits per heavy atom. The lowest BCUT2D eigenvalue weighted by molar-refractivity contribution is -0.118. The second kappa shape index (κ2) is 9.67. The molecule has 162 valence electrons. The summed E-state index contributed by atoms with van der Waals surface area (Å²) in [5.74, 6) is -0.167. The van der Waals surface area contributed by atoms with E-state index in [1.54, 1.807) is 24.3 Å². The zero-order valence-corrected chi connectivity index (χ0v) is 17.8. The Kier molecular flexibility index (Phi) is 6.98. The molecule has 10 heteroatoms. The summed E-state index contributed by atoms with van der Waals surface area (Å²) in [6, 6.07) is 15.8. The Balaban J connectivity index is 1.57. The molecule has 0 heterocycles. The molecule has 1 amide bonds. The lowest BCUT2D eigenvalue weighted by atomic mass is 10.3. The van der Waals surface area contributed by atoms with Crippen molar-refractivity contribution < 1.29 is 27.1 Å². The minimum absolute atomic E-state index is 0.0288. The van der Waals surface area contributed by atoms with Crippen LogP contribution in [0.3, 0.4) is 0 Å². The number of amides is 1. The van der Waals surface area contributed by atoms with Gasteiger partial charge in [0.25, 0.3) is 15.9 Å².